The molecule has 0 saturated carbocycles. The molecular formula is C20H19Cl2NO4. The maximum absolute atomic E-state index is 13.1. The molecule has 1 N–H and O–H groups in total. The Morgan fingerprint density at radius 2 is 1.85 bits per heavy atom. The molecule has 1 atom stereocenters. The highest BCUT2D eigenvalue weighted by Crippen LogP contribution is 2.48. The Bertz CT molecular complexity index is 898. The molecule has 0 fully saturated rings. The molecule has 0 spiro atoms. The average molecular weight is 408 g/mol. The van der Waals surface area contributed by atoms with E-state index in [4.69, 9.17) is 27.9 Å². The zero-order valence-corrected chi connectivity index (χ0v) is 16.5. The minimum Gasteiger partial charge on any atom is -0.494 e. The first-order valence-electron chi connectivity index (χ1n) is 8.52. The lowest BCUT2D eigenvalue weighted by atomic mass is 9.90. The second kappa shape index (κ2) is 7.50. The van der Waals surface area contributed by atoms with Gasteiger partial charge in [-0.05, 0) is 37.6 Å². The summed E-state index contributed by atoms with van der Waals surface area (Å²) in [5, 5.41) is 11.5. The molecule has 0 radical (unpaired) electrons. The van der Waals surface area contributed by atoms with Crippen molar-refractivity contribution in [3.05, 3.63) is 57.6 Å². The van der Waals surface area contributed by atoms with Crippen LogP contribution in [0, 0.1) is 0 Å². The van der Waals surface area contributed by atoms with Crippen molar-refractivity contribution >= 4 is 40.6 Å². The molecule has 0 saturated heterocycles. The predicted molar refractivity (Wildman–Crippen MR) is 104 cm³/mol. The Morgan fingerprint density at radius 3 is 2.44 bits per heavy atom. The summed E-state index contributed by atoms with van der Waals surface area (Å²) < 4.78 is 5.42. The van der Waals surface area contributed by atoms with Crippen molar-refractivity contribution in [2.45, 2.75) is 32.4 Å². The van der Waals surface area contributed by atoms with E-state index in [-0.39, 0.29) is 28.8 Å². The second-order valence-corrected chi connectivity index (χ2v) is 7.25. The van der Waals surface area contributed by atoms with Gasteiger partial charge in [0.25, 0.3) is 5.91 Å². The Morgan fingerprint density at radius 1 is 1.19 bits per heavy atom. The van der Waals surface area contributed by atoms with E-state index in [0.29, 0.717) is 17.9 Å². The number of carbonyl (C=O) groups excluding carboxylic acids is 2. The number of fused-ring (bicyclic) bond motifs is 1. The molecule has 0 aliphatic carbocycles. The summed E-state index contributed by atoms with van der Waals surface area (Å²) in [6.07, 6.45) is -0.323. The lowest BCUT2D eigenvalue weighted by Gasteiger charge is -2.22. The molecule has 0 bridgehead atoms. The van der Waals surface area contributed by atoms with Gasteiger partial charge in [-0.2, -0.15) is 0 Å². The van der Waals surface area contributed by atoms with Crippen LogP contribution in [0.5, 0.6) is 5.75 Å². The van der Waals surface area contributed by atoms with Crippen molar-refractivity contribution in [2.75, 3.05) is 11.5 Å². The molecule has 3 rings (SSSR count). The first-order valence-corrected chi connectivity index (χ1v) is 9.27. The molecule has 1 aliphatic heterocycles. The first-order chi connectivity index (χ1) is 12.8. The van der Waals surface area contributed by atoms with Crippen LogP contribution in [0.4, 0.5) is 5.69 Å². The highest BCUT2D eigenvalue weighted by Gasteiger charge is 2.51. The third-order valence-corrected chi connectivity index (χ3v) is 5.26. The zero-order valence-electron chi connectivity index (χ0n) is 15.0. The van der Waals surface area contributed by atoms with E-state index >= 15 is 0 Å². The number of hydrogen-bond donors (Lipinski definition) is 1. The molecule has 1 unspecified atom stereocenters. The summed E-state index contributed by atoms with van der Waals surface area (Å²) in [7, 11) is 0. The van der Waals surface area contributed by atoms with E-state index in [1.165, 1.54) is 17.9 Å². The van der Waals surface area contributed by atoms with E-state index in [1.807, 2.05) is 31.2 Å². The Kier molecular flexibility index (Phi) is 5.47. The van der Waals surface area contributed by atoms with Crippen LogP contribution in [0.1, 0.15) is 31.4 Å². The summed E-state index contributed by atoms with van der Waals surface area (Å²) in [6, 6.07) is 10.3. The summed E-state index contributed by atoms with van der Waals surface area (Å²) >= 11 is 12.5. The van der Waals surface area contributed by atoms with Crippen molar-refractivity contribution in [1.29, 1.82) is 0 Å². The van der Waals surface area contributed by atoms with Crippen LogP contribution in [-0.4, -0.2) is 23.4 Å². The van der Waals surface area contributed by atoms with E-state index < -0.39 is 11.5 Å². The van der Waals surface area contributed by atoms with Crippen LogP contribution >= 0.6 is 23.2 Å². The summed E-state index contributed by atoms with van der Waals surface area (Å²) in [5.74, 6) is -0.167. The maximum atomic E-state index is 13.1. The number of nitrogens with zero attached hydrogens (tertiary/aromatic N) is 1. The number of Topliss-reactive ketones (excluding diaryl/α,β-unsaturated/α-hetero) is 1. The fourth-order valence-corrected chi connectivity index (χ4v) is 3.72. The van der Waals surface area contributed by atoms with Crippen LogP contribution < -0.4 is 9.64 Å². The van der Waals surface area contributed by atoms with E-state index in [9.17, 15) is 14.7 Å². The number of benzene rings is 2. The van der Waals surface area contributed by atoms with Gasteiger partial charge in [-0.15, -0.1) is 0 Å². The topological polar surface area (TPSA) is 66.8 Å². The van der Waals surface area contributed by atoms with Gasteiger partial charge in [0.2, 0.25) is 0 Å². The largest absolute Gasteiger partial charge is 0.494 e. The maximum Gasteiger partial charge on any atom is 0.264 e. The van der Waals surface area contributed by atoms with E-state index in [0.717, 1.165) is 11.3 Å². The molecule has 27 heavy (non-hydrogen) atoms. The lowest BCUT2D eigenvalue weighted by molar-refractivity contribution is -0.141. The van der Waals surface area contributed by atoms with Crippen LogP contribution in [0.2, 0.25) is 10.0 Å². The number of carbonyl (C=O) groups is 2. The van der Waals surface area contributed by atoms with Gasteiger partial charge < -0.3 is 14.7 Å². The number of anilines is 1. The second-order valence-electron chi connectivity index (χ2n) is 6.46. The molecular weight excluding hydrogens is 389 g/mol. The van der Waals surface area contributed by atoms with Crippen molar-refractivity contribution in [1.82, 2.24) is 0 Å². The third-order valence-electron chi connectivity index (χ3n) is 4.46. The summed E-state index contributed by atoms with van der Waals surface area (Å²) in [6.45, 7) is 3.97. The predicted octanol–water partition coefficient (Wildman–Crippen LogP) is 4.11. The average Bonchev–Trinajstić information content (AvgIpc) is 2.81. The highest BCUT2D eigenvalue weighted by molar-refractivity contribution is 6.44. The van der Waals surface area contributed by atoms with Gasteiger partial charge in [0.1, 0.15) is 11.5 Å². The Balaban J connectivity index is 2.02. The molecule has 5 nitrogen and oxygen atoms in total. The fraction of sp³-hybridized carbons (Fsp3) is 0.300. The number of hydrogen-bond acceptors (Lipinski definition) is 4. The van der Waals surface area contributed by atoms with Gasteiger partial charge in [0.05, 0.1) is 28.9 Å². The van der Waals surface area contributed by atoms with Crippen LogP contribution in [0.15, 0.2) is 36.4 Å². The van der Waals surface area contributed by atoms with Gasteiger partial charge in [-0.3, -0.25) is 9.59 Å². The Labute approximate surface area is 167 Å². The first kappa shape index (κ1) is 19.7. The number of rotatable bonds is 6. The molecule has 1 amide bonds. The standard InChI is InChI=1S/C20H19Cl2NO4/c1-3-27-14-6-4-13(5-7-14)11-23-18-15(8-9-16(21)17(18)22)20(26,19(23)25)10-12(2)24/h4-9,26H,3,10-11H2,1-2H3. The molecule has 1 heterocycles. The number of amides is 1. The normalized spacial score (nSPS) is 18.6. The summed E-state index contributed by atoms with van der Waals surface area (Å²) in [4.78, 5) is 26.1. The fourth-order valence-electron chi connectivity index (χ4n) is 3.30. The van der Waals surface area contributed by atoms with Crippen LogP contribution in [0.25, 0.3) is 0 Å². The van der Waals surface area contributed by atoms with Crippen LogP contribution in [0.3, 0.4) is 0 Å². The van der Waals surface area contributed by atoms with Gasteiger partial charge in [0, 0.05) is 12.0 Å². The van der Waals surface area contributed by atoms with E-state index in [2.05, 4.69) is 0 Å². The minimum absolute atomic E-state index is 0.174. The molecule has 2 aromatic carbocycles. The SMILES string of the molecule is CCOc1ccc(CN2C(=O)C(O)(CC(C)=O)c3ccc(Cl)c(Cl)c32)cc1. The monoisotopic (exact) mass is 407 g/mol. The van der Waals surface area contributed by atoms with Crippen molar-refractivity contribution in [3.63, 3.8) is 0 Å². The Hall–Kier alpha value is -2.08. The number of halogens is 2. The third kappa shape index (κ3) is 3.55. The van der Waals surface area contributed by atoms with Crippen molar-refractivity contribution in [3.8, 4) is 5.75 Å². The lowest BCUT2D eigenvalue weighted by Crippen LogP contribution is -2.41. The van der Waals surface area contributed by atoms with Crippen molar-refractivity contribution in [2.24, 2.45) is 0 Å². The molecule has 0 aromatic heterocycles. The van der Waals surface area contributed by atoms with E-state index in [1.54, 1.807) is 6.07 Å². The summed E-state index contributed by atoms with van der Waals surface area (Å²) in [5.41, 5.74) is -0.489. The zero-order chi connectivity index (χ0) is 19.8. The number of ketones is 1. The molecule has 7 heteroatoms. The van der Waals surface area contributed by atoms with Crippen LogP contribution in [-0.2, 0) is 21.7 Å². The van der Waals surface area contributed by atoms with Crippen molar-refractivity contribution < 1.29 is 19.4 Å². The van der Waals surface area contributed by atoms with Gasteiger partial charge >= 0.3 is 0 Å². The van der Waals surface area contributed by atoms with Gasteiger partial charge in [-0.25, -0.2) is 0 Å². The number of aliphatic hydroxyl groups is 1. The van der Waals surface area contributed by atoms with Gasteiger partial charge in [0.15, 0.2) is 5.60 Å². The smallest absolute Gasteiger partial charge is 0.264 e. The molecule has 142 valence electrons. The molecule has 1 aliphatic rings. The number of ether oxygens (including phenoxy) is 1. The minimum atomic E-state index is -1.94. The highest BCUT2D eigenvalue weighted by atomic mass is 35.5. The quantitative estimate of drug-likeness (QED) is 0.782. The van der Waals surface area contributed by atoms with Gasteiger partial charge in [-0.1, -0.05) is 41.4 Å². The molecule has 2 aromatic rings.